The van der Waals surface area contributed by atoms with E-state index < -0.39 is 12.2 Å². The summed E-state index contributed by atoms with van der Waals surface area (Å²) in [5.74, 6) is 0. The van der Waals surface area contributed by atoms with Gasteiger partial charge in [-0.2, -0.15) is 13.9 Å². The molecule has 0 saturated carbocycles. The predicted octanol–water partition coefficient (Wildman–Crippen LogP) is 2.21. The number of aromatic nitrogens is 2. The van der Waals surface area contributed by atoms with Gasteiger partial charge in [-0.05, 0) is 26.3 Å². The molecule has 0 fully saturated rings. The summed E-state index contributed by atoms with van der Waals surface area (Å²) < 4.78 is 30.0. The van der Waals surface area contributed by atoms with E-state index in [1.54, 1.807) is 30.9 Å². The van der Waals surface area contributed by atoms with Gasteiger partial charge >= 0.3 is 6.61 Å². The van der Waals surface area contributed by atoms with Gasteiger partial charge < -0.3 is 4.74 Å². The zero-order chi connectivity index (χ0) is 10.8. The Morgan fingerprint density at radius 3 is 2.64 bits per heavy atom. The molecule has 0 aromatic carbocycles. The number of nitrogens with zero attached hydrogens (tertiary/aromatic N) is 2. The van der Waals surface area contributed by atoms with Crippen molar-refractivity contribution in [3.8, 4) is 0 Å². The van der Waals surface area contributed by atoms with Crippen molar-refractivity contribution < 1.29 is 13.5 Å². The van der Waals surface area contributed by atoms with Crippen LogP contribution in [0.4, 0.5) is 8.78 Å². The monoisotopic (exact) mass is 204 g/mol. The van der Waals surface area contributed by atoms with Gasteiger partial charge in [0.05, 0.1) is 18.3 Å². The Bertz CT molecular complexity index is 297. The second-order valence-corrected chi connectivity index (χ2v) is 3.85. The SMILES string of the molecule is Cc1cnn(CC(C)(C)OC(F)F)c1. The maximum absolute atomic E-state index is 12.0. The van der Waals surface area contributed by atoms with Crippen LogP contribution >= 0.6 is 0 Å². The lowest BCUT2D eigenvalue weighted by molar-refractivity contribution is -0.201. The van der Waals surface area contributed by atoms with E-state index in [4.69, 9.17) is 0 Å². The van der Waals surface area contributed by atoms with Crippen LogP contribution in [0.3, 0.4) is 0 Å². The summed E-state index contributed by atoms with van der Waals surface area (Å²) in [6.45, 7) is 2.67. The molecule has 1 aromatic rings. The highest BCUT2D eigenvalue weighted by atomic mass is 19.3. The average Bonchev–Trinajstić information content (AvgIpc) is 2.30. The molecule has 1 rings (SSSR count). The second-order valence-electron chi connectivity index (χ2n) is 3.85. The highest BCUT2D eigenvalue weighted by Gasteiger charge is 2.24. The van der Waals surface area contributed by atoms with Gasteiger partial charge in [-0.15, -0.1) is 0 Å². The topological polar surface area (TPSA) is 27.1 Å². The zero-order valence-corrected chi connectivity index (χ0v) is 8.50. The van der Waals surface area contributed by atoms with Crippen LogP contribution < -0.4 is 0 Å². The van der Waals surface area contributed by atoms with Crippen molar-refractivity contribution in [1.82, 2.24) is 9.78 Å². The molecule has 0 aliphatic carbocycles. The smallest absolute Gasteiger partial charge is 0.315 e. The summed E-state index contributed by atoms with van der Waals surface area (Å²) in [6.07, 6.45) is 3.47. The lowest BCUT2D eigenvalue weighted by atomic mass is 10.1. The van der Waals surface area contributed by atoms with Crippen molar-refractivity contribution in [3.63, 3.8) is 0 Å². The lowest BCUT2D eigenvalue weighted by Gasteiger charge is -2.24. The van der Waals surface area contributed by atoms with Gasteiger partial charge in [-0.3, -0.25) is 4.68 Å². The number of alkyl halides is 2. The van der Waals surface area contributed by atoms with Crippen molar-refractivity contribution in [2.45, 2.75) is 39.5 Å². The summed E-state index contributed by atoms with van der Waals surface area (Å²) in [5, 5.41) is 4.00. The largest absolute Gasteiger partial charge is 0.345 e. The van der Waals surface area contributed by atoms with Crippen LogP contribution in [0.15, 0.2) is 12.4 Å². The molecule has 0 aliphatic heterocycles. The second kappa shape index (κ2) is 4.04. The molecule has 0 amide bonds. The first-order valence-electron chi connectivity index (χ1n) is 4.34. The minimum absolute atomic E-state index is 0.311. The number of hydrogen-bond donors (Lipinski definition) is 0. The molecule has 0 bridgehead atoms. The number of rotatable bonds is 4. The molecule has 3 nitrogen and oxygen atoms in total. The van der Waals surface area contributed by atoms with Crippen LogP contribution in [0.25, 0.3) is 0 Å². The first kappa shape index (κ1) is 11.1. The third kappa shape index (κ3) is 3.41. The van der Waals surface area contributed by atoms with Gasteiger partial charge in [-0.1, -0.05) is 0 Å². The molecule has 0 radical (unpaired) electrons. The van der Waals surface area contributed by atoms with Crippen molar-refractivity contribution in [1.29, 1.82) is 0 Å². The molecular weight excluding hydrogens is 190 g/mol. The van der Waals surface area contributed by atoms with Gasteiger partial charge in [0.2, 0.25) is 0 Å². The average molecular weight is 204 g/mol. The molecule has 0 unspecified atom stereocenters. The van der Waals surface area contributed by atoms with Gasteiger partial charge in [0.15, 0.2) is 0 Å². The van der Waals surface area contributed by atoms with Crippen LogP contribution in [-0.4, -0.2) is 22.0 Å². The number of ether oxygens (including phenoxy) is 1. The molecule has 1 heterocycles. The van der Waals surface area contributed by atoms with E-state index in [2.05, 4.69) is 9.84 Å². The van der Waals surface area contributed by atoms with Crippen LogP contribution in [0, 0.1) is 6.92 Å². The van der Waals surface area contributed by atoms with Crippen molar-refractivity contribution >= 4 is 0 Å². The highest BCUT2D eigenvalue weighted by Crippen LogP contribution is 2.16. The summed E-state index contributed by atoms with van der Waals surface area (Å²) in [4.78, 5) is 0. The number of hydrogen-bond acceptors (Lipinski definition) is 2. The predicted molar refractivity (Wildman–Crippen MR) is 48.1 cm³/mol. The molecule has 0 saturated heterocycles. The molecule has 0 spiro atoms. The van der Waals surface area contributed by atoms with Crippen molar-refractivity contribution in [2.24, 2.45) is 0 Å². The molecule has 1 aromatic heterocycles. The number of aryl methyl sites for hydroxylation is 1. The minimum Gasteiger partial charge on any atom is -0.315 e. The quantitative estimate of drug-likeness (QED) is 0.751. The van der Waals surface area contributed by atoms with E-state index in [0.29, 0.717) is 6.54 Å². The maximum atomic E-state index is 12.0. The van der Waals surface area contributed by atoms with Gasteiger partial charge in [-0.25, -0.2) is 0 Å². The summed E-state index contributed by atoms with van der Waals surface area (Å²) in [6, 6.07) is 0. The van der Waals surface area contributed by atoms with Crippen LogP contribution in [0.5, 0.6) is 0 Å². The Balaban J connectivity index is 2.58. The third-order valence-electron chi connectivity index (χ3n) is 1.71. The van der Waals surface area contributed by atoms with E-state index in [1.807, 2.05) is 6.92 Å². The van der Waals surface area contributed by atoms with Gasteiger partial charge in [0.1, 0.15) is 0 Å². The van der Waals surface area contributed by atoms with Crippen LogP contribution in [-0.2, 0) is 11.3 Å². The van der Waals surface area contributed by atoms with E-state index in [0.717, 1.165) is 5.56 Å². The Hall–Kier alpha value is -0.970. The van der Waals surface area contributed by atoms with E-state index >= 15 is 0 Å². The van der Waals surface area contributed by atoms with E-state index in [1.165, 1.54) is 0 Å². The molecule has 80 valence electrons. The summed E-state index contributed by atoms with van der Waals surface area (Å²) in [5.41, 5.74) is 0.0879. The first-order chi connectivity index (χ1) is 6.39. The Morgan fingerprint density at radius 1 is 1.57 bits per heavy atom. The highest BCUT2D eigenvalue weighted by molar-refractivity contribution is 4.99. The maximum Gasteiger partial charge on any atom is 0.345 e. The fourth-order valence-electron chi connectivity index (χ4n) is 1.22. The molecule has 0 atom stereocenters. The third-order valence-corrected chi connectivity index (χ3v) is 1.71. The fourth-order valence-corrected chi connectivity index (χ4v) is 1.22. The Morgan fingerprint density at radius 2 is 2.21 bits per heavy atom. The number of halogens is 2. The van der Waals surface area contributed by atoms with E-state index in [9.17, 15) is 8.78 Å². The van der Waals surface area contributed by atoms with Crippen LogP contribution in [0.2, 0.25) is 0 Å². The molecular formula is C9H14F2N2O. The zero-order valence-electron chi connectivity index (χ0n) is 8.50. The summed E-state index contributed by atoms with van der Waals surface area (Å²) >= 11 is 0. The lowest BCUT2D eigenvalue weighted by Crippen LogP contribution is -2.32. The first-order valence-corrected chi connectivity index (χ1v) is 4.34. The minimum atomic E-state index is -2.75. The van der Waals surface area contributed by atoms with Crippen molar-refractivity contribution in [3.05, 3.63) is 18.0 Å². The molecule has 0 N–H and O–H groups in total. The molecule has 0 aliphatic rings. The fraction of sp³-hybridized carbons (Fsp3) is 0.667. The molecule has 14 heavy (non-hydrogen) atoms. The van der Waals surface area contributed by atoms with Crippen LogP contribution in [0.1, 0.15) is 19.4 Å². The van der Waals surface area contributed by atoms with Gasteiger partial charge in [0, 0.05) is 6.20 Å². The van der Waals surface area contributed by atoms with Crippen molar-refractivity contribution in [2.75, 3.05) is 0 Å². The van der Waals surface area contributed by atoms with Gasteiger partial charge in [0.25, 0.3) is 0 Å². The summed E-state index contributed by atoms with van der Waals surface area (Å²) in [7, 11) is 0. The Labute approximate surface area is 81.7 Å². The molecule has 5 heteroatoms. The normalized spacial score (nSPS) is 12.4. The standard InChI is InChI=1S/C9H14F2N2O/c1-7-4-12-13(5-7)6-9(2,3)14-8(10)11/h4-5,8H,6H2,1-3H3. The Kier molecular flexibility index (Phi) is 3.21. The van der Waals surface area contributed by atoms with E-state index in [-0.39, 0.29) is 0 Å².